The van der Waals surface area contributed by atoms with Crippen molar-refractivity contribution in [3.05, 3.63) is 23.8 Å². The smallest absolute Gasteiger partial charge is 0.142 e. The van der Waals surface area contributed by atoms with Gasteiger partial charge in [-0.1, -0.05) is 19.4 Å². The van der Waals surface area contributed by atoms with Crippen LogP contribution in [0.25, 0.3) is 0 Å². The van der Waals surface area contributed by atoms with Crippen LogP contribution in [0, 0.1) is 6.92 Å². The van der Waals surface area contributed by atoms with Crippen molar-refractivity contribution in [1.82, 2.24) is 0 Å². The number of nitrogen functional groups attached to an aromatic ring is 1. The maximum Gasteiger partial charge on any atom is 0.142 e. The van der Waals surface area contributed by atoms with Crippen LogP contribution in [0.5, 0.6) is 5.75 Å². The van der Waals surface area contributed by atoms with Crippen LogP contribution in [0.2, 0.25) is 0 Å². The van der Waals surface area contributed by atoms with Gasteiger partial charge >= 0.3 is 0 Å². The van der Waals surface area contributed by atoms with E-state index in [1.165, 1.54) is 5.56 Å². The molecule has 2 nitrogen and oxygen atoms in total. The maximum atomic E-state index is 5.81. The summed E-state index contributed by atoms with van der Waals surface area (Å²) >= 11 is 0. The van der Waals surface area contributed by atoms with Crippen molar-refractivity contribution in [3.63, 3.8) is 0 Å². The first kappa shape index (κ1) is 10.9. The Morgan fingerprint density at radius 1 is 1.43 bits per heavy atom. The van der Waals surface area contributed by atoms with Crippen LogP contribution in [-0.4, -0.2) is 6.10 Å². The molecule has 1 aromatic carbocycles. The molecule has 0 spiro atoms. The number of hydrogen-bond acceptors (Lipinski definition) is 2. The lowest BCUT2D eigenvalue weighted by Gasteiger charge is -2.15. The van der Waals surface area contributed by atoms with Crippen LogP contribution in [0.4, 0.5) is 5.69 Å². The molecule has 2 N–H and O–H groups in total. The highest BCUT2D eigenvalue weighted by atomic mass is 16.5. The summed E-state index contributed by atoms with van der Waals surface area (Å²) in [5.74, 6) is 0.811. The first-order valence-corrected chi connectivity index (χ1v) is 5.16. The molecule has 14 heavy (non-hydrogen) atoms. The van der Waals surface area contributed by atoms with E-state index in [9.17, 15) is 0 Å². The van der Waals surface area contributed by atoms with Crippen molar-refractivity contribution in [1.29, 1.82) is 0 Å². The topological polar surface area (TPSA) is 35.2 Å². The van der Waals surface area contributed by atoms with Crippen LogP contribution in [0.15, 0.2) is 18.2 Å². The number of nitrogens with two attached hydrogens (primary N) is 1. The largest absolute Gasteiger partial charge is 0.489 e. The Hall–Kier alpha value is -1.18. The SMILES string of the molecule is CCCC(C)Oc1cc(C)ccc1N. The third-order valence-electron chi connectivity index (χ3n) is 2.19. The van der Waals surface area contributed by atoms with Crippen molar-refractivity contribution >= 4 is 5.69 Å². The van der Waals surface area contributed by atoms with Gasteiger partial charge < -0.3 is 10.5 Å². The summed E-state index contributed by atoms with van der Waals surface area (Å²) in [7, 11) is 0. The van der Waals surface area contributed by atoms with Crippen LogP contribution in [0.3, 0.4) is 0 Å². The van der Waals surface area contributed by atoms with Crippen LogP contribution in [0.1, 0.15) is 32.3 Å². The Labute approximate surface area is 86.1 Å². The van der Waals surface area contributed by atoms with Gasteiger partial charge in [0.05, 0.1) is 11.8 Å². The molecule has 1 atom stereocenters. The van der Waals surface area contributed by atoms with E-state index in [-0.39, 0.29) is 6.10 Å². The third kappa shape index (κ3) is 2.95. The Kier molecular flexibility index (Phi) is 3.81. The van der Waals surface area contributed by atoms with Gasteiger partial charge in [0.25, 0.3) is 0 Å². The lowest BCUT2D eigenvalue weighted by atomic mass is 10.2. The fourth-order valence-electron chi connectivity index (χ4n) is 1.43. The summed E-state index contributed by atoms with van der Waals surface area (Å²) in [6.07, 6.45) is 2.43. The van der Waals surface area contributed by atoms with Gasteiger partial charge in [0.2, 0.25) is 0 Å². The van der Waals surface area contributed by atoms with Gasteiger partial charge in [-0.3, -0.25) is 0 Å². The standard InChI is InChI=1S/C12H19NO/c1-4-5-10(3)14-12-8-9(2)6-7-11(12)13/h6-8,10H,4-5,13H2,1-3H3. The van der Waals surface area contributed by atoms with Crippen LogP contribution < -0.4 is 10.5 Å². The van der Waals surface area contributed by atoms with Gasteiger partial charge in [-0.25, -0.2) is 0 Å². The van der Waals surface area contributed by atoms with E-state index in [4.69, 9.17) is 10.5 Å². The number of aryl methyl sites for hydroxylation is 1. The molecule has 1 rings (SSSR count). The number of benzene rings is 1. The molecule has 0 aliphatic carbocycles. The zero-order chi connectivity index (χ0) is 10.6. The Morgan fingerprint density at radius 2 is 2.14 bits per heavy atom. The molecule has 1 aromatic rings. The van der Waals surface area contributed by atoms with Gasteiger partial charge in [-0.15, -0.1) is 0 Å². The second kappa shape index (κ2) is 4.89. The summed E-state index contributed by atoms with van der Waals surface area (Å²) in [5, 5.41) is 0. The van der Waals surface area contributed by atoms with Crippen molar-refractivity contribution in [2.45, 2.75) is 39.7 Å². The highest BCUT2D eigenvalue weighted by Crippen LogP contribution is 2.24. The van der Waals surface area contributed by atoms with E-state index in [0.29, 0.717) is 0 Å². The molecule has 0 aliphatic heterocycles. The summed E-state index contributed by atoms with van der Waals surface area (Å²) in [6.45, 7) is 6.27. The molecule has 1 unspecified atom stereocenters. The van der Waals surface area contributed by atoms with E-state index in [2.05, 4.69) is 13.8 Å². The highest BCUT2D eigenvalue weighted by molar-refractivity contribution is 5.53. The lowest BCUT2D eigenvalue weighted by Crippen LogP contribution is -2.12. The molecule has 0 aliphatic rings. The number of hydrogen-bond donors (Lipinski definition) is 1. The van der Waals surface area contributed by atoms with Crippen molar-refractivity contribution in [3.8, 4) is 5.75 Å². The summed E-state index contributed by atoms with van der Waals surface area (Å²) in [4.78, 5) is 0. The normalized spacial score (nSPS) is 12.5. The molecule has 2 heteroatoms. The summed E-state index contributed by atoms with van der Waals surface area (Å²) in [5.41, 5.74) is 7.71. The zero-order valence-corrected chi connectivity index (χ0v) is 9.21. The van der Waals surface area contributed by atoms with E-state index in [1.807, 2.05) is 25.1 Å². The van der Waals surface area contributed by atoms with Crippen molar-refractivity contribution < 1.29 is 4.74 Å². The molecule has 0 radical (unpaired) electrons. The Morgan fingerprint density at radius 3 is 2.79 bits per heavy atom. The van der Waals surface area contributed by atoms with E-state index in [0.717, 1.165) is 24.3 Å². The average Bonchev–Trinajstić information content (AvgIpc) is 2.12. The fourth-order valence-corrected chi connectivity index (χ4v) is 1.43. The predicted molar refractivity (Wildman–Crippen MR) is 60.6 cm³/mol. The summed E-state index contributed by atoms with van der Waals surface area (Å²) in [6, 6.07) is 5.87. The van der Waals surface area contributed by atoms with Gasteiger partial charge in [0, 0.05) is 0 Å². The maximum absolute atomic E-state index is 5.81. The minimum absolute atomic E-state index is 0.240. The Bertz CT molecular complexity index is 296. The number of rotatable bonds is 4. The van der Waals surface area contributed by atoms with E-state index >= 15 is 0 Å². The molecule has 0 fully saturated rings. The first-order valence-electron chi connectivity index (χ1n) is 5.16. The molecule has 0 saturated heterocycles. The third-order valence-corrected chi connectivity index (χ3v) is 2.19. The zero-order valence-electron chi connectivity index (χ0n) is 9.21. The molecule has 0 aromatic heterocycles. The average molecular weight is 193 g/mol. The molecule has 0 heterocycles. The quantitative estimate of drug-likeness (QED) is 0.745. The van der Waals surface area contributed by atoms with E-state index < -0.39 is 0 Å². The predicted octanol–water partition coefficient (Wildman–Crippen LogP) is 3.14. The van der Waals surface area contributed by atoms with Gasteiger partial charge in [-0.05, 0) is 38.0 Å². The van der Waals surface area contributed by atoms with Crippen molar-refractivity contribution in [2.75, 3.05) is 5.73 Å². The molecule has 78 valence electrons. The van der Waals surface area contributed by atoms with Gasteiger partial charge in [0.1, 0.15) is 5.75 Å². The molecule has 0 amide bonds. The first-order chi connectivity index (χ1) is 6.63. The monoisotopic (exact) mass is 193 g/mol. The lowest BCUT2D eigenvalue weighted by molar-refractivity contribution is 0.211. The molecule has 0 saturated carbocycles. The highest BCUT2D eigenvalue weighted by Gasteiger charge is 2.05. The second-order valence-corrected chi connectivity index (χ2v) is 3.76. The molecular weight excluding hydrogens is 174 g/mol. The van der Waals surface area contributed by atoms with Crippen molar-refractivity contribution in [2.24, 2.45) is 0 Å². The van der Waals surface area contributed by atoms with Crippen LogP contribution in [-0.2, 0) is 0 Å². The number of anilines is 1. The minimum atomic E-state index is 0.240. The second-order valence-electron chi connectivity index (χ2n) is 3.76. The van der Waals surface area contributed by atoms with Gasteiger partial charge in [0.15, 0.2) is 0 Å². The Balaban J connectivity index is 2.70. The summed E-state index contributed by atoms with van der Waals surface area (Å²) < 4.78 is 5.74. The van der Waals surface area contributed by atoms with Gasteiger partial charge in [-0.2, -0.15) is 0 Å². The minimum Gasteiger partial charge on any atom is -0.489 e. The van der Waals surface area contributed by atoms with E-state index in [1.54, 1.807) is 0 Å². The van der Waals surface area contributed by atoms with Crippen LogP contribution >= 0.6 is 0 Å². The fraction of sp³-hybridized carbons (Fsp3) is 0.500. The molecule has 0 bridgehead atoms. The number of ether oxygens (including phenoxy) is 1. The molecular formula is C12H19NO.